The van der Waals surface area contributed by atoms with Crippen LogP contribution in [-0.4, -0.2) is 82.7 Å². The number of aliphatic carboxylic acids is 1. The zero-order valence-corrected chi connectivity index (χ0v) is 19.2. The number of likely N-dealkylation sites (tertiary alicyclic amines) is 1. The average Bonchev–Trinajstić information content (AvgIpc) is 3.32. The van der Waals surface area contributed by atoms with E-state index < -0.39 is 54.5 Å². The maximum Gasteiger partial charge on any atom is 0.326 e. The number of nitrogens with zero attached hydrogens (tertiary/aromatic N) is 1. The lowest BCUT2D eigenvalue weighted by molar-refractivity contribution is -0.145. The van der Waals surface area contributed by atoms with E-state index in [4.69, 9.17) is 11.5 Å². The molecule has 1 fully saturated rings. The van der Waals surface area contributed by atoms with Gasteiger partial charge in [-0.15, -0.1) is 0 Å². The number of rotatable bonds is 13. The van der Waals surface area contributed by atoms with Gasteiger partial charge in [0.1, 0.15) is 18.1 Å². The summed E-state index contributed by atoms with van der Waals surface area (Å²) >= 11 is 0. The molecule has 4 unspecified atom stereocenters. The molecule has 1 heterocycles. The fraction of sp³-hybridized carbons (Fsp3) is 0.565. The summed E-state index contributed by atoms with van der Waals surface area (Å²) in [5.74, 6) is -2.94. The minimum absolute atomic E-state index is 0.230. The minimum Gasteiger partial charge on any atom is -0.480 e. The highest BCUT2D eigenvalue weighted by Gasteiger charge is 2.38. The molecular formula is C23H35N5O6. The van der Waals surface area contributed by atoms with Gasteiger partial charge in [0.2, 0.25) is 17.7 Å². The lowest BCUT2D eigenvalue weighted by Crippen LogP contribution is -2.58. The number of carboxylic acids is 1. The number of carbonyl (C=O) groups is 4. The van der Waals surface area contributed by atoms with E-state index in [0.29, 0.717) is 32.2 Å². The van der Waals surface area contributed by atoms with Gasteiger partial charge in [-0.25, -0.2) is 4.79 Å². The highest BCUT2D eigenvalue weighted by atomic mass is 16.4. The number of amides is 3. The lowest BCUT2D eigenvalue weighted by atomic mass is 10.1. The van der Waals surface area contributed by atoms with Gasteiger partial charge >= 0.3 is 5.97 Å². The van der Waals surface area contributed by atoms with E-state index in [0.717, 1.165) is 5.56 Å². The van der Waals surface area contributed by atoms with E-state index in [2.05, 4.69) is 10.6 Å². The van der Waals surface area contributed by atoms with Gasteiger partial charge in [0.15, 0.2) is 0 Å². The van der Waals surface area contributed by atoms with Gasteiger partial charge in [0, 0.05) is 6.54 Å². The molecule has 0 aliphatic carbocycles. The zero-order valence-electron chi connectivity index (χ0n) is 19.2. The Morgan fingerprint density at radius 3 is 2.41 bits per heavy atom. The topological polar surface area (TPSA) is 188 Å². The van der Waals surface area contributed by atoms with Gasteiger partial charge in [0.25, 0.3) is 0 Å². The molecule has 1 aromatic carbocycles. The maximum atomic E-state index is 13.0. The number of unbranched alkanes of at least 4 members (excludes halogenated alkanes) is 1. The molecule has 1 aliphatic heterocycles. The molecule has 4 atom stereocenters. The Labute approximate surface area is 198 Å². The summed E-state index contributed by atoms with van der Waals surface area (Å²) in [5.41, 5.74) is 12.3. The van der Waals surface area contributed by atoms with Crippen LogP contribution in [0.4, 0.5) is 0 Å². The molecule has 0 bridgehead atoms. The molecule has 1 aromatic rings. The molecule has 34 heavy (non-hydrogen) atoms. The Hall–Kier alpha value is -3.02. The molecule has 1 saturated heterocycles. The second-order valence-electron chi connectivity index (χ2n) is 8.41. The third kappa shape index (κ3) is 7.79. The van der Waals surface area contributed by atoms with Gasteiger partial charge in [-0.05, 0) is 50.6 Å². The maximum absolute atomic E-state index is 13.0. The van der Waals surface area contributed by atoms with Gasteiger partial charge in [-0.1, -0.05) is 30.3 Å². The monoisotopic (exact) mass is 477 g/mol. The quantitative estimate of drug-likeness (QED) is 0.189. The van der Waals surface area contributed by atoms with Crippen LogP contribution in [0.15, 0.2) is 30.3 Å². The molecule has 8 N–H and O–H groups in total. The molecule has 1 aliphatic rings. The van der Waals surface area contributed by atoms with Gasteiger partial charge < -0.3 is 37.2 Å². The van der Waals surface area contributed by atoms with E-state index in [1.807, 2.05) is 30.3 Å². The van der Waals surface area contributed by atoms with Crippen molar-refractivity contribution in [3.8, 4) is 0 Å². The molecule has 11 heteroatoms. The van der Waals surface area contributed by atoms with Crippen LogP contribution < -0.4 is 22.1 Å². The van der Waals surface area contributed by atoms with E-state index in [9.17, 15) is 29.4 Å². The molecule has 0 saturated carbocycles. The minimum atomic E-state index is -1.26. The van der Waals surface area contributed by atoms with Crippen molar-refractivity contribution >= 4 is 23.7 Å². The fourth-order valence-electron chi connectivity index (χ4n) is 3.95. The van der Waals surface area contributed by atoms with Crippen molar-refractivity contribution in [1.29, 1.82) is 0 Å². The highest BCUT2D eigenvalue weighted by Crippen LogP contribution is 2.19. The highest BCUT2D eigenvalue weighted by molar-refractivity contribution is 5.94. The second-order valence-corrected chi connectivity index (χ2v) is 8.41. The van der Waals surface area contributed by atoms with E-state index in [1.54, 1.807) is 0 Å². The van der Waals surface area contributed by atoms with Crippen molar-refractivity contribution in [2.45, 2.75) is 62.7 Å². The van der Waals surface area contributed by atoms with Crippen LogP contribution in [0.2, 0.25) is 0 Å². The smallest absolute Gasteiger partial charge is 0.326 e. The number of carbonyl (C=O) groups excluding carboxylic acids is 3. The summed E-state index contributed by atoms with van der Waals surface area (Å²) in [6.07, 6.45) is 2.56. The van der Waals surface area contributed by atoms with Crippen LogP contribution in [0.1, 0.15) is 37.7 Å². The first kappa shape index (κ1) is 27.2. The summed E-state index contributed by atoms with van der Waals surface area (Å²) in [4.78, 5) is 51.1. The normalized spacial score (nSPS) is 18.1. The zero-order chi connectivity index (χ0) is 25.1. The summed E-state index contributed by atoms with van der Waals surface area (Å²) in [6.45, 7) is 0.0169. The lowest BCUT2D eigenvalue weighted by Gasteiger charge is -2.29. The first-order valence-electron chi connectivity index (χ1n) is 11.5. The van der Waals surface area contributed by atoms with E-state index in [1.165, 1.54) is 4.90 Å². The Balaban J connectivity index is 1.98. The predicted octanol–water partition coefficient (Wildman–Crippen LogP) is -1.28. The summed E-state index contributed by atoms with van der Waals surface area (Å²) < 4.78 is 0. The SMILES string of the molecule is NCCCCC(NC(=O)C1CCCN1C(=O)C(CO)NC(=O)C(N)Cc1ccccc1)C(=O)O. The van der Waals surface area contributed by atoms with Crippen molar-refractivity contribution < 1.29 is 29.4 Å². The number of carboxylic acid groups (broad SMARTS) is 1. The molecule has 11 nitrogen and oxygen atoms in total. The van der Waals surface area contributed by atoms with Crippen molar-refractivity contribution in [2.75, 3.05) is 19.7 Å². The van der Waals surface area contributed by atoms with Crippen molar-refractivity contribution in [3.05, 3.63) is 35.9 Å². The number of hydrogen-bond donors (Lipinski definition) is 6. The fourth-order valence-corrected chi connectivity index (χ4v) is 3.95. The Morgan fingerprint density at radius 2 is 1.79 bits per heavy atom. The second kappa shape index (κ2) is 13.6. The third-order valence-corrected chi connectivity index (χ3v) is 5.83. The molecule has 0 aromatic heterocycles. The molecule has 188 valence electrons. The van der Waals surface area contributed by atoms with E-state index in [-0.39, 0.29) is 19.4 Å². The number of aliphatic hydroxyl groups excluding tert-OH is 1. The van der Waals surface area contributed by atoms with Crippen LogP contribution in [0.5, 0.6) is 0 Å². The molecule has 0 spiro atoms. The van der Waals surface area contributed by atoms with Crippen LogP contribution in [0.3, 0.4) is 0 Å². The number of hydrogen-bond acceptors (Lipinski definition) is 7. The largest absolute Gasteiger partial charge is 0.480 e. The number of nitrogens with two attached hydrogens (primary N) is 2. The Kier molecular flexibility index (Phi) is 10.9. The number of benzene rings is 1. The number of nitrogens with one attached hydrogen (secondary N) is 2. The van der Waals surface area contributed by atoms with Gasteiger partial charge in [-0.2, -0.15) is 0 Å². The first-order valence-corrected chi connectivity index (χ1v) is 11.5. The van der Waals surface area contributed by atoms with Crippen molar-refractivity contribution in [1.82, 2.24) is 15.5 Å². The average molecular weight is 478 g/mol. The third-order valence-electron chi connectivity index (χ3n) is 5.83. The predicted molar refractivity (Wildman–Crippen MR) is 124 cm³/mol. The Bertz CT molecular complexity index is 836. The summed E-state index contributed by atoms with van der Waals surface area (Å²) in [5, 5.41) is 24.1. The van der Waals surface area contributed by atoms with Crippen molar-refractivity contribution in [3.63, 3.8) is 0 Å². The molecular weight excluding hydrogens is 442 g/mol. The van der Waals surface area contributed by atoms with Gasteiger partial charge in [0.05, 0.1) is 12.6 Å². The molecule has 0 radical (unpaired) electrons. The van der Waals surface area contributed by atoms with Crippen LogP contribution in [-0.2, 0) is 25.6 Å². The standard InChI is InChI=1S/C23H35N5O6/c24-11-5-4-9-17(23(33)34)26-21(31)19-10-6-12-28(19)22(32)18(14-29)27-20(30)16(25)13-15-7-2-1-3-8-15/h1-3,7-8,16-19,29H,4-6,9-14,24-25H2,(H,26,31)(H,27,30)(H,33,34). The Morgan fingerprint density at radius 1 is 1.09 bits per heavy atom. The van der Waals surface area contributed by atoms with Crippen molar-refractivity contribution in [2.24, 2.45) is 11.5 Å². The number of aliphatic hydroxyl groups is 1. The molecule has 2 rings (SSSR count). The van der Waals surface area contributed by atoms with E-state index >= 15 is 0 Å². The van der Waals surface area contributed by atoms with Crippen LogP contribution in [0, 0.1) is 0 Å². The first-order chi connectivity index (χ1) is 16.3. The molecule has 3 amide bonds. The summed E-state index contributed by atoms with van der Waals surface area (Å²) in [6, 6.07) is 5.00. The van der Waals surface area contributed by atoms with Crippen LogP contribution in [0.25, 0.3) is 0 Å². The van der Waals surface area contributed by atoms with Gasteiger partial charge in [-0.3, -0.25) is 14.4 Å². The van der Waals surface area contributed by atoms with Crippen LogP contribution >= 0.6 is 0 Å². The summed E-state index contributed by atoms with van der Waals surface area (Å²) in [7, 11) is 0.